The number of carbonyl (C=O) groups is 1. The van der Waals surface area contributed by atoms with Crippen LogP contribution in [0, 0.1) is 13.8 Å². The van der Waals surface area contributed by atoms with Crippen molar-refractivity contribution < 1.29 is 4.79 Å². The molecule has 4 nitrogen and oxygen atoms in total. The topological polar surface area (TPSA) is 45.2 Å². The lowest BCUT2D eigenvalue weighted by molar-refractivity contribution is 0.0946. The SMILES string of the molecule is Cc1cccc(-c2cncc(C(=O)NCCN3CCCCC3)c2)c1C. The third-order valence-corrected chi connectivity index (χ3v) is 5.08. The number of nitrogens with zero attached hydrogens (tertiary/aromatic N) is 2. The van der Waals surface area contributed by atoms with Gasteiger partial charge < -0.3 is 10.2 Å². The van der Waals surface area contributed by atoms with E-state index in [2.05, 4.69) is 41.2 Å². The number of nitrogens with one attached hydrogen (secondary N) is 1. The van der Waals surface area contributed by atoms with Crippen molar-refractivity contribution in [1.29, 1.82) is 0 Å². The molecule has 1 aromatic carbocycles. The molecule has 0 bridgehead atoms. The van der Waals surface area contributed by atoms with Gasteiger partial charge in [-0.2, -0.15) is 0 Å². The Morgan fingerprint density at radius 1 is 1.16 bits per heavy atom. The van der Waals surface area contributed by atoms with Gasteiger partial charge in [0.2, 0.25) is 0 Å². The lowest BCUT2D eigenvalue weighted by Gasteiger charge is -2.26. The quantitative estimate of drug-likeness (QED) is 0.907. The van der Waals surface area contributed by atoms with Crippen molar-refractivity contribution in [1.82, 2.24) is 15.2 Å². The van der Waals surface area contributed by atoms with E-state index in [0.717, 1.165) is 30.8 Å². The van der Waals surface area contributed by atoms with E-state index in [-0.39, 0.29) is 5.91 Å². The third-order valence-electron chi connectivity index (χ3n) is 5.08. The molecule has 2 aromatic rings. The van der Waals surface area contributed by atoms with Crippen LogP contribution in [0.5, 0.6) is 0 Å². The number of likely N-dealkylation sites (tertiary alicyclic amines) is 1. The number of hydrogen-bond acceptors (Lipinski definition) is 3. The molecule has 1 fully saturated rings. The molecular formula is C21H27N3O. The number of benzene rings is 1. The van der Waals surface area contributed by atoms with E-state index in [9.17, 15) is 4.79 Å². The summed E-state index contributed by atoms with van der Waals surface area (Å²) in [5.41, 5.74) is 5.22. The van der Waals surface area contributed by atoms with Gasteiger partial charge >= 0.3 is 0 Å². The smallest absolute Gasteiger partial charge is 0.252 e. The van der Waals surface area contributed by atoms with Crippen LogP contribution in [0.2, 0.25) is 0 Å². The summed E-state index contributed by atoms with van der Waals surface area (Å²) in [6.45, 7) is 8.13. The zero-order valence-corrected chi connectivity index (χ0v) is 15.2. The summed E-state index contributed by atoms with van der Waals surface area (Å²) in [5, 5.41) is 3.03. The molecule has 2 heterocycles. The summed E-state index contributed by atoms with van der Waals surface area (Å²) in [7, 11) is 0. The van der Waals surface area contributed by atoms with Crippen LogP contribution in [-0.4, -0.2) is 42.0 Å². The van der Waals surface area contributed by atoms with Crippen molar-refractivity contribution in [2.45, 2.75) is 33.1 Å². The van der Waals surface area contributed by atoms with Crippen LogP contribution in [0.1, 0.15) is 40.7 Å². The maximum atomic E-state index is 12.5. The number of pyridine rings is 1. The highest BCUT2D eigenvalue weighted by Crippen LogP contribution is 2.25. The summed E-state index contributed by atoms with van der Waals surface area (Å²) in [4.78, 5) is 19.2. The van der Waals surface area contributed by atoms with Crippen LogP contribution in [0.25, 0.3) is 11.1 Å². The fraction of sp³-hybridized carbons (Fsp3) is 0.429. The van der Waals surface area contributed by atoms with E-state index in [1.807, 2.05) is 18.3 Å². The second-order valence-corrected chi connectivity index (χ2v) is 6.87. The Balaban J connectivity index is 1.64. The molecular weight excluding hydrogens is 310 g/mol. The highest BCUT2D eigenvalue weighted by Gasteiger charge is 2.12. The number of piperidine rings is 1. The van der Waals surface area contributed by atoms with Crippen LogP contribution in [-0.2, 0) is 0 Å². The summed E-state index contributed by atoms with van der Waals surface area (Å²) in [6.07, 6.45) is 7.35. The van der Waals surface area contributed by atoms with Gasteiger partial charge in [0.25, 0.3) is 5.91 Å². The normalized spacial score (nSPS) is 15.1. The van der Waals surface area contributed by atoms with Crippen LogP contribution in [0.4, 0.5) is 0 Å². The molecule has 25 heavy (non-hydrogen) atoms. The van der Waals surface area contributed by atoms with E-state index >= 15 is 0 Å². The number of amides is 1. The number of aromatic nitrogens is 1. The minimum atomic E-state index is -0.0448. The highest BCUT2D eigenvalue weighted by atomic mass is 16.1. The first kappa shape index (κ1) is 17.6. The van der Waals surface area contributed by atoms with E-state index in [0.29, 0.717) is 12.1 Å². The Morgan fingerprint density at radius 2 is 1.96 bits per heavy atom. The molecule has 1 aliphatic rings. The molecule has 0 saturated carbocycles. The highest BCUT2D eigenvalue weighted by molar-refractivity contribution is 5.95. The number of hydrogen-bond donors (Lipinski definition) is 1. The molecule has 1 aliphatic heterocycles. The summed E-state index contributed by atoms with van der Waals surface area (Å²) in [5.74, 6) is -0.0448. The van der Waals surface area contributed by atoms with Crippen molar-refractivity contribution in [3.63, 3.8) is 0 Å². The van der Waals surface area contributed by atoms with Gasteiger partial charge in [-0.1, -0.05) is 24.6 Å². The van der Waals surface area contributed by atoms with Gasteiger partial charge in [-0.15, -0.1) is 0 Å². The Hall–Kier alpha value is -2.20. The van der Waals surface area contributed by atoms with Gasteiger partial charge in [-0.25, -0.2) is 0 Å². The van der Waals surface area contributed by atoms with Crippen LogP contribution >= 0.6 is 0 Å². The predicted molar refractivity (Wildman–Crippen MR) is 102 cm³/mol. The second kappa shape index (κ2) is 8.26. The Kier molecular flexibility index (Phi) is 5.82. The lowest BCUT2D eigenvalue weighted by Crippen LogP contribution is -2.37. The molecule has 0 aliphatic carbocycles. The zero-order chi connectivity index (χ0) is 17.6. The molecule has 4 heteroatoms. The van der Waals surface area contributed by atoms with E-state index in [4.69, 9.17) is 0 Å². The first-order valence-corrected chi connectivity index (χ1v) is 9.17. The Bertz CT molecular complexity index is 736. The zero-order valence-electron chi connectivity index (χ0n) is 15.2. The first-order valence-electron chi connectivity index (χ1n) is 9.17. The lowest BCUT2D eigenvalue weighted by atomic mass is 9.97. The Labute approximate surface area is 150 Å². The minimum absolute atomic E-state index is 0.0448. The van der Waals surface area contributed by atoms with E-state index in [1.165, 1.54) is 30.4 Å². The maximum Gasteiger partial charge on any atom is 0.252 e. The second-order valence-electron chi connectivity index (χ2n) is 6.87. The van der Waals surface area contributed by atoms with Gasteiger partial charge in [-0.3, -0.25) is 9.78 Å². The minimum Gasteiger partial charge on any atom is -0.351 e. The molecule has 0 radical (unpaired) electrons. The molecule has 1 aromatic heterocycles. The molecule has 1 saturated heterocycles. The Morgan fingerprint density at radius 3 is 2.76 bits per heavy atom. The molecule has 1 amide bonds. The van der Waals surface area contributed by atoms with Crippen molar-refractivity contribution in [3.8, 4) is 11.1 Å². The third kappa shape index (κ3) is 4.45. The summed E-state index contributed by atoms with van der Waals surface area (Å²) >= 11 is 0. The maximum absolute atomic E-state index is 12.5. The average Bonchev–Trinajstić information content (AvgIpc) is 2.65. The van der Waals surface area contributed by atoms with E-state index in [1.54, 1.807) is 6.20 Å². The largest absolute Gasteiger partial charge is 0.351 e. The van der Waals surface area contributed by atoms with Gasteiger partial charge in [-0.05, 0) is 62.5 Å². The van der Waals surface area contributed by atoms with Crippen LogP contribution < -0.4 is 5.32 Å². The van der Waals surface area contributed by atoms with Gasteiger partial charge in [0, 0.05) is 31.0 Å². The van der Waals surface area contributed by atoms with Crippen molar-refractivity contribution >= 4 is 5.91 Å². The molecule has 0 spiro atoms. The fourth-order valence-electron chi connectivity index (χ4n) is 3.39. The standard InChI is InChI=1S/C21H27N3O/c1-16-7-6-8-20(17(16)2)18-13-19(15-22-14-18)21(25)23-9-12-24-10-4-3-5-11-24/h6-8,13-15H,3-5,9-12H2,1-2H3,(H,23,25). The first-order chi connectivity index (χ1) is 12.1. The summed E-state index contributed by atoms with van der Waals surface area (Å²) < 4.78 is 0. The van der Waals surface area contributed by atoms with Gasteiger partial charge in [0.1, 0.15) is 0 Å². The van der Waals surface area contributed by atoms with Crippen molar-refractivity contribution in [3.05, 3.63) is 53.3 Å². The fourth-order valence-corrected chi connectivity index (χ4v) is 3.39. The number of aryl methyl sites for hydroxylation is 1. The van der Waals surface area contributed by atoms with Crippen LogP contribution in [0.15, 0.2) is 36.7 Å². The molecule has 1 N–H and O–H groups in total. The monoisotopic (exact) mass is 337 g/mol. The molecule has 0 unspecified atom stereocenters. The molecule has 3 rings (SSSR count). The van der Waals surface area contributed by atoms with E-state index < -0.39 is 0 Å². The van der Waals surface area contributed by atoms with Crippen molar-refractivity contribution in [2.24, 2.45) is 0 Å². The molecule has 132 valence electrons. The predicted octanol–water partition coefficient (Wildman–Crippen LogP) is 3.58. The van der Waals surface area contributed by atoms with Crippen LogP contribution in [0.3, 0.4) is 0 Å². The van der Waals surface area contributed by atoms with Gasteiger partial charge in [0.15, 0.2) is 0 Å². The average molecular weight is 337 g/mol. The van der Waals surface area contributed by atoms with Crippen molar-refractivity contribution in [2.75, 3.05) is 26.2 Å². The molecule has 0 atom stereocenters. The van der Waals surface area contributed by atoms with Gasteiger partial charge in [0.05, 0.1) is 5.56 Å². The summed E-state index contributed by atoms with van der Waals surface area (Å²) in [6, 6.07) is 8.16. The number of rotatable bonds is 5. The number of carbonyl (C=O) groups excluding carboxylic acids is 1.